The van der Waals surface area contributed by atoms with E-state index in [0.717, 1.165) is 27.2 Å². The largest absolute Gasteiger partial charge is 0.321 e. The zero-order valence-corrected chi connectivity index (χ0v) is 11.5. The van der Waals surface area contributed by atoms with Gasteiger partial charge in [0.15, 0.2) is 0 Å². The summed E-state index contributed by atoms with van der Waals surface area (Å²) in [5, 5.41) is 1.81. The number of hydrogen-bond acceptors (Lipinski definition) is 2. The van der Waals surface area contributed by atoms with Gasteiger partial charge in [0, 0.05) is 17.8 Å². The Bertz CT molecular complexity index is 735. The van der Waals surface area contributed by atoms with Gasteiger partial charge in [-0.15, -0.1) is 11.8 Å². The molecule has 3 rings (SSSR count). The van der Waals surface area contributed by atoms with Crippen LogP contribution < -0.4 is 0 Å². The van der Waals surface area contributed by atoms with E-state index in [1.165, 1.54) is 6.07 Å². The van der Waals surface area contributed by atoms with Crippen LogP contribution in [0.4, 0.5) is 4.39 Å². The summed E-state index contributed by atoms with van der Waals surface area (Å²) in [6, 6.07) is 8.68. The SMILES string of the molecule is CSc1nc2ccc(F)cc2c(C)c1-n1cccc1. The van der Waals surface area contributed by atoms with E-state index in [-0.39, 0.29) is 5.82 Å². The summed E-state index contributed by atoms with van der Waals surface area (Å²) in [6.45, 7) is 2.01. The number of nitrogens with zero attached hydrogens (tertiary/aromatic N) is 2. The highest BCUT2D eigenvalue weighted by Gasteiger charge is 2.13. The second-order valence-electron chi connectivity index (χ2n) is 4.35. The van der Waals surface area contributed by atoms with Crippen LogP contribution in [0.15, 0.2) is 47.8 Å². The molecule has 0 amide bonds. The van der Waals surface area contributed by atoms with Crippen molar-refractivity contribution in [3.63, 3.8) is 0 Å². The van der Waals surface area contributed by atoms with Crippen LogP contribution in [-0.4, -0.2) is 15.8 Å². The molecule has 0 fully saturated rings. The number of aryl methyl sites for hydroxylation is 1. The van der Waals surface area contributed by atoms with E-state index in [0.29, 0.717) is 0 Å². The normalized spacial score (nSPS) is 11.1. The van der Waals surface area contributed by atoms with Crippen LogP contribution in [-0.2, 0) is 0 Å². The molecule has 2 nitrogen and oxygen atoms in total. The highest BCUT2D eigenvalue weighted by atomic mass is 32.2. The van der Waals surface area contributed by atoms with Crippen molar-refractivity contribution in [1.82, 2.24) is 9.55 Å². The zero-order chi connectivity index (χ0) is 13.4. The van der Waals surface area contributed by atoms with Gasteiger partial charge in [-0.25, -0.2) is 9.37 Å². The number of rotatable bonds is 2. The van der Waals surface area contributed by atoms with Gasteiger partial charge in [-0.2, -0.15) is 0 Å². The molecule has 96 valence electrons. The van der Waals surface area contributed by atoms with Crippen molar-refractivity contribution in [2.24, 2.45) is 0 Å². The van der Waals surface area contributed by atoms with E-state index < -0.39 is 0 Å². The molecule has 2 aromatic heterocycles. The molecule has 0 aliphatic rings. The van der Waals surface area contributed by atoms with E-state index in [9.17, 15) is 4.39 Å². The number of halogens is 1. The molecule has 4 heteroatoms. The molecular weight excluding hydrogens is 259 g/mol. The van der Waals surface area contributed by atoms with E-state index in [1.54, 1.807) is 23.9 Å². The van der Waals surface area contributed by atoms with Crippen molar-refractivity contribution >= 4 is 22.7 Å². The Morgan fingerprint density at radius 1 is 1.21 bits per heavy atom. The monoisotopic (exact) mass is 272 g/mol. The minimum atomic E-state index is -0.229. The van der Waals surface area contributed by atoms with E-state index in [1.807, 2.05) is 42.3 Å². The van der Waals surface area contributed by atoms with E-state index >= 15 is 0 Å². The summed E-state index contributed by atoms with van der Waals surface area (Å²) in [6.07, 6.45) is 5.97. The number of benzene rings is 1. The molecule has 0 radical (unpaired) electrons. The number of aromatic nitrogens is 2. The summed E-state index contributed by atoms with van der Waals surface area (Å²) < 4.78 is 15.5. The fourth-order valence-electron chi connectivity index (χ4n) is 2.29. The molecule has 0 aliphatic carbocycles. The van der Waals surface area contributed by atoms with Crippen LogP contribution in [0.25, 0.3) is 16.6 Å². The lowest BCUT2D eigenvalue weighted by Crippen LogP contribution is -2.00. The molecule has 0 unspecified atom stereocenters. The van der Waals surface area contributed by atoms with Gasteiger partial charge >= 0.3 is 0 Å². The lowest BCUT2D eigenvalue weighted by molar-refractivity contribution is 0.629. The van der Waals surface area contributed by atoms with Gasteiger partial charge in [-0.1, -0.05) is 0 Å². The Balaban J connectivity index is 2.39. The molecule has 0 saturated carbocycles. The fraction of sp³-hybridized carbons (Fsp3) is 0.133. The Kier molecular flexibility index (Phi) is 3.03. The lowest BCUT2D eigenvalue weighted by atomic mass is 10.1. The maximum atomic E-state index is 13.4. The van der Waals surface area contributed by atoms with Gasteiger partial charge in [-0.05, 0) is 49.1 Å². The maximum absolute atomic E-state index is 13.4. The van der Waals surface area contributed by atoms with E-state index in [4.69, 9.17) is 0 Å². The van der Waals surface area contributed by atoms with Crippen molar-refractivity contribution in [1.29, 1.82) is 0 Å². The third-order valence-electron chi connectivity index (χ3n) is 3.20. The number of hydrogen-bond donors (Lipinski definition) is 0. The van der Waals surface area contributed by atoms with Crippen LogP contribution >= 0.6 is 11.8 Å². The average Bonchev–Trinajstić information content (AvgIpc) is 2.93. The second-order valence-corrected chi connectivity index (χ2v) is 5.14. The highest BCUT2D eigenvalue weighted by Crippen LogP contribution is 2.31. The molecule has 19 heavy (non-hydrogen) atoms. The van der Waals surface area contributed by atoms with Gasteiger partial charge < -0.3 is 4.57 Å². The third-order valence-corrected chi connectivity index (χ3v) is 3.87. The Hall–Kier alpha value is -1.81. The van der Waals surface area contributed by atoms with Crippen LogP contribution in [0, 0.1) is 12.7 Å². The maximum Gasteiger partial charge on any atom is 0.123 e. The Labute approximate surface area is 115 Å². The first kappa shape index (κ1) is 12.2. The quantitative estimate of drug-likeness (QED) is 0.651. The first-order valence-electron chi connectivity index (χ1n) is 5.98. The summed E-state index contributed by atoms with van der Waals surface area (Å²) in [5.41, 5.74) is 2.90. The van der Waals surface area contributed by atoms with Crippen LogP contribution in [0.1, 0.15) is 5.56 Å². The van der Waals surface area contributed by atoms with Crippen LogP contribution in [0.3, 0.4) is 0 Å². The highest BCUT2D eigenvalue weighted by molar-refractivity contribution is 7.98. The lowest BCUT2D eigenvalue weighted by Gasteiger charge is -2.14. The zero-order valence-electron chi connectivity index (χ0n) is 10.7. The van der Waals surface area contributed by atoms with Crippen molar-refractivity contribution in [2.45, 2.75) is 11.9 Å². The minimum absolute atomic E-state index is 0.229. The summed E-state index contributed by atoms with van der Waals surface area (Å²) in [5.74, 6) is -0.229. The summed E-state index contributed by atoms with van der Waals surface area (Å²) >= 11 is 1.60. The molecule has 2 heterocycles. The van der Waals surface area contributed by atoms with Crippen LogP contribution in [0.2, 0.25) is 0 Å². The van der Waals surface area contributed by atoms with Crippen LogP contribution in [0.5, 0.6) is 0 Å². The number of thioether (sulfide) groups is 1. The van der Waals surface area contributed by atoms with Gasteiger partial charge in [-0.3, -0.25) is 0 Å². The molecule has 0 atom stereocenters. The summed E-state index contributed by atoms with van der Waals surface area (Å²) in [7, 11) is 0. The molecular formula is C15H13FN2S. The minimum Gasteiger partial charge on any atom is -0.321 e. The third kappa shape index (κ3) is 2.02. The summed E-state index contributed by atoms with van der Waals surface area (Å²) in [4.78, 5) is 4.63. The predicted molar refractivity (Wildman–Crippen MR) is 77.5 cm³/mol. The van der Waals surface area contributed by atoms with Gasteiger partial charge in [0.25, 0.3) is 0 Å². The Morgan fingerprint density at radius 3 is 2.63 bits per heavy atom. The molecule has 0 saturated heterocycles. The number of fused-ring (bicyclic) bond motifs is 1. The van der Waals surface area contributed by atoms with Gasteiger partial charge in [0.2, 0.25) is 0 Å². The Morgan fingerprint density at radius 2 is 1.95 bits per heavy atom. The topological polar surface area (TPSA) is 17.8 Å². The average molecular weight is 272 g/mol. The molecule has 0 aliphatic heterocycles. The fourth-order valence-corrected chi connectivity index (χ4v) is 2.93. The second kappa shape index (κ2) is 4.70. The molecule has 3 aromatic rings. The molecule has 0 bridgehead atoms. The number of pyridine rings is 1. The van der Waals surface area contributed by atoms with Crippen molar-refractivity contribution in [3.05, 3.63) is 54.1 Å². The van der Waals surface area contributed by atoms with Gasteiger partial charge in [0.05, 0.1) is 11.2 Å². The smallest absolute Gasteiger partial charge is 0.123 e. The van der Waals surface area contributed by atoms with E-state index in [2.05, 4.69) is 4.98 Å². The molecule has 1 aromatic carbocycles. The predicted octanol–water partition coefficient (Wildman–Crippen LogP) is 4.19. The van der Waals surface area contributed by atoms with Crippen molar-refractivity contribution < 1.29 is 4.39 Å². The first-order valence-corrected chi connectivity index (χ1v) is 7.20. The van der Waals surface area contributed by atoms with Crippen molar-refractivity contribution in [2.75, 3.05) is 6.26 Å². The van der Waals surface area contributed by atoms with Gasteiger partial charge in [0.1, 0.15) is 10.8 Å². The first-order chi connectivity index (χ1) is 9.20. The standard InChI is InChI=1S/C15H13FN2S/c1-10-12-9-11(16)5-6-13(12)17-15(19-2)14(10)18-7-3-4-8-18/h3-9H,1-2H3. The van der Waals surface area contributed by atoms with Crippen molar-refractivity contribution in [3.8, 4) is 5.69 Å². The molecule has 0 spiro atoms. The molecule has 0 N–H and O–H groups in total.